The van der Waals surface area contributed by atoms with Crippen LogP contribution >= 0.6 is 0 Å². The van der Waals surface area contributed by atoms with Gasteiger partial charge in [0.2, 0.25) is 5.91 Å². The van der Waals surface area contributed by atoms with E-state index in [0.717, 1.165) is 6.54 Å². The number of amides is 1. The van der Waals surface area contributed by atoms with Crippen molar-refractivity contribution < 1.29 is 4.79 Å². The molecule has 1 heterocycles. The molecule has 0 fully saturated rings. The molecule has 0 saturated carbocycles. The highest BCUT2D eigenvalue weighted by Gasteiger charge is 2.27. The van der Waals surface area contributed by atoms with E-state index in [2.05, 4.69) is 0 Å². The van der Waals surface area contributed by atoms with Crippen LogP contribution in [0, 0.1) is 0 Å². The molecule has 0 unspecified atom stereocenters. The second-order valence-electron chi connectivity index (χ2n) is 4.30. The highest BCUT2D eigenvalue weighted by atomic mass is 16.2. The summed E-state index contributed by atoms with van der Waals surface area (Å²) in [7, 11) is 0. The zero-order chi connectivity index (χ0) is 10.1. The molecule has 0 atom stereocenters. The lowest BCUT2D eigenvalue weighted by Crippen LogP contribution is -2.48. The highest BCUT2D eigenvalue weighted by molar-refractivity contribution is 5.81. The first-order valence-corrected chi connectivity index (χ1v) is 4.69. The van der Waals surface area contributed by atoms with Gasteiger partial charge in [-0.1, -0.05) is 0 Å². The third-order valence-electron chi connectivity index (χ3n) is 2.16. The van der Waals surface area contributed by atoms with E-state index in [-0.39, 0.29) is 11.4 Å². The summed E-state index contributed by atoms with van der Waals surface area (Å²) in [6.07, 6.45) is 3.85. The van der Waals surface area contributed by atoms with Crippen molar-refractivity contribution in [1.29, 1.82) is 0 Å². The second-order valence-corrected chi connectivity index (χ2v) is 4.30. The van der Waals surface area contributed by atoms with E-state index in [9.17, 15) is 4.79 Å². The molecule has 0 saturated heterocycles. The molecule has 1 amide bonds. The molecule has 0 aromatic rings. The molecule has 0 aliphatic carbocycles. The fourth-order valence-electron chi connectivity index (χ4n) is 1.36. The number of rotatable bonds is 1. The van der Waals surface area contributed by atoms with Gasteiger partial charge in [0, 0.05) is 24.5 Å². The Hall–Kier alpha value is -0.990. The van der Waals surface area contributed by atoms with Crippen molar-refractivity contribution in [2.24, 2.45) is 0 Å². The minimum atomic E-state index is -0.104. The predicted octanol–water partition coefficient (Wildman–Crippen LogP) is 1.42. The highest BCUT2D eigenvalue weighted by Crippen LogP contribution is 2.17. The van der Waals surface area contributed by atoms with Crippen LogP contribution in [0.2, 0.25) is 0 Å². The fourth-order valence-corrected chi connectivity index (χ4v) is 1.36. The third-order valence-corrected chi connectivity index (χ3v) is 2.16. The molecule has 0 bridgehead atoms. The van der Waals surface area contributed by atoms with Crippen LogP contribution in [0.5, 0.6) is 0 Å². The van der Waals surface area contributed by atoms with Gasteiger partial charge in [-0.2, -0.15) is 0 Å². The molecule has 0 N–H and O–H groups in total. The Kier molecular flexibility index (Phi) is 2.64. The van der Waals surface area contributed by atoms with Crippen molar-refractivity contribution in [1.82, 2.24) is 9.80 Å². The van der Waals surface area contributed by atoms with Crippen LogP contribution in [0.15, 0.2) is 12.4 Å². The summed E-state index contributed by atoms with van der Waals surface area (Å²) in [5.41, 5.74) is -0.104. The number of likely N-dealkylation sites (N-methyl/N-ethyl adjacent to an activating group) is 1. The van der Waals surface area contributed by atoms with Crippen LogP contribution in [-0.2, 0) is 4.79 Å². The molecular weight excluding hydrogens is 164 g/mol. The van der Waals surface area contributed by atoms with E-state index in [1.165, 1.54) is 0 Å². The van der Waals surface area contributed by atoms with E-state index in [4.69, 9.17) is 0 Å². The average Bonchev–Trinajstić information content (AvgIpc) is 2.01. The van der Waals surface area contributed by atoms with Gasteiger partial charge in [0.15, 0.2) is 0 Å². The van der Waals surface area contributed by atoms with Crippen molar-refractivity contribution in [3.63, 3.8) is 0 Å². The normalized spacial score (nSPS) is 18.3. The maximum Gasteiger partial charge on any atom is 0.246 e. The topological polar surface area (TPSA) is 23.6 Å². The number of hydrogen-bond acceptors (Lipinski definition) is 2. The molecule has 1 aliphatic rings. The number of carbonyl (C=O) groups excluding carboxylic acids is 1. The minimum absolute atomic E-state index is 0.104. The molecule has 0 aromatic heterocycles. The Morgan fingerprint density at radius 2 is 2.00 bits per heavy atom. The zero-order valence-electron chi connectivity index (χ0n) is 8.87. The first-order chi connectivity index (χ1) is 5.95. The number of hydrogen-bond donors (Lipinski definition) is 0. The molecule has 0 aromatic carbocycles. The Morgan fingerprint density at radius 3 is 2.38 bits per heavy atom. The van der Waals surface area contributed by atoms with Crippen LogP contribution in [0.1, 0.15) is 27.7 Å². The van der Waals surface area contributed by atoms with Gasteiger partial charge in [-0.15, -0.1) is 0 Å². The molecule has 0 spiro atoms. The number of carbonyl (C=O) groups is 1. The van der Waals surface area contributed by atoms with Gasteiger partial charge in [0.25, 0.3) is 0 Å². The maximum atomic E-state index is 11.6. The summed E-state index contributed by atoms with van der Waals surface area (Å²) < 4.78 is 0. The van der Waals surface area contributed by atoms with Gasteiger partial charge in [-0.05, 0) is 27.7 Å². The van der Waals surface area contributed by atoms with Crippen LogP contribution in [0.25, 0.3) is 0 Å². The summed E-state index contributed by atoms with van der Waals surface area (Å²) in [5.74, 6) is 0.178. The van der Waals surface area contributed by atoms with Gasteiger partial charge in [-0.3, -0.25) is 4.79 Å². The quantitative estimate of drug-likeness (QED) is 0.612. The lowest BCUT2D eigenvalue weighted by atomic mass is 10.1. The number of nitrogens with zero attached hydrogens (tertiary/aromatic N) is 2. The van der Waals surface area contributed by atoms with Crippen LogP contribution in [0.4, 0.5) is 0 Å². The largest absolute Gasteiger partial charge is 0.367 e. The lowest BCUT2D eigenvalue weighted by Gasteiger charge is -2.37. The van der Waals surface area contributed by atoms with E-state index < -0.39 is 0 Å². The molecule has 3 heteroatoms. The standard InChI is InChI=1S/C10H18N2O/c1-5-11-6-7-12(9(13)8-11)10(2,3)4/h6-7H,5,8H2,1-4H3. The van der Waals surface area contributed by atoms with Crippen molar-refractivity contribution in [2.45, 2.75) is 33.2 Å². The van der Waals surface area contributed by atoms with Gasteiger partial charge < -0.3 is 9.80 Å². The fraction of sp³-hybridized carbons (Fsp3) is 0.700. The molecule has 1 aliphatic heterocycles. The third kappa shape index (κ3) is 2.23. The summed E-state index contributed by atoms with van der Waals surface area (Å²) in [4.78, 5) is 15.4. The van der Waals surface area contributed by atoms with E-state index in [1.807, 2.05) is 45.0 Å². The van der Waals surface area contributed by atoms with Gasteiger partial charge >= 0.3 is 0 Å². The van der Waals surface area contributed by atoms with E-state index in [1.54, 1.807) is 4.90 Å². The molecule has 1 rings (SSSR count). The Bertz CT molecular complexity index is 228. The van der Waals surface area contributed by atoms with Gasteiger partial charge in [-0.25, -0.2) is 0 Å². The van der Waals surface area contributed by atoms with Gasteiger partial charge in [0.1, 0.15) is 0 Å². The lowest BCUT2D eigenvalue weighted by molar-refractivity contribution is -0.134. The SMILES string of the molecule is CCN1C=CN(C(C)(C)C)C(=O)C1. The first kappa shape index (κ1) is 10.1. The van der Waals surface area contributed by atoms with Crippen LogP contribution in [-0.4, -0.2) is 34.3 Å². The van der Waals surface area contributed by atoms with Crippen molar-refractivity contribution in [3.05, 3.63) is 12.4 Å². The first-order valence-electron chi connectivity index (χ1n) is 4.69. The monoisotopic (exact) mass is 182 g/mol. The Balaban J connectivity index is 2.76. The smallest absolute Gasteiger partial charge is 0.246 e. The van der Waals surface area contributed by atoms with E-state index in [0.29, 0.717) is 6.54 Å². The molecule has 13 heavy (non-hydrogen) atoms. The molecule has 0 radical (unpaired) electrons. The second kappa shape index (κ2) is 3.40. The zero-order valence-corrected chi connectivity index (χ0v) is 8.87. The van der Waals surface area contributed by atoms with Crippen molar-refractivity contribution >= 4 is 5.91 Å². The van der Waals surface area contributed by atoms with Gasteiger partial charge in [0.05, 0.1) is 6.54 Å². The van der Waals surface area contributed by atoms with Crippen molar-refractivity contribution in [3.8, 4) is 0 Å². The molecule has 74 valence electrons. The van der Waals surface area contributed by atoms with Crippen LogP contribution in [0.3, 0.4) is 0 Å². The van der Waals surface area contributed by atoms with Crippen molar-refractivity contribution in [2.75, 3.05) is 13.1 Å². The summed E-state index contributed by atoms with van der Waals surface area (Å²) in [6, 6.07) is 0. The predicted molar refractivity (Wildman–Crippen MR) is 53.0 cm³/mol. The van der Waals surface area contributed by atoms with E-state index >= 15 is 0 Å². The molecule has 3 nitrogen and oxygen atoms in total. The molecular formula is C10H18N2O. The Labute approximate surface area is 80.0 Å². The summed E-state index contributed by atoms with van der Waals surface area (Å²) >= 11 is 0. The average molecular weight is 182 g/mol. The van der Waals surface area contributed by atoms with Crippen LogP contribution < -0.4 is 0 Å². The summed E-state index contributed by atoms with van der Waals surface area (Å²) in [5, 5.41) is 0. The maximum absolute atomic E-state index is 11.6. The Morgan fingerprint density at radius 1 is 1.38 bits per heavy atom. The summed E-state index contributed by atoms with van der Waals surface area (Å²) in [6.45, 7) is 9.55. The minimum Gasteiger partial charge on any atom is -0.367 e.